The molecule has 1 aromatic heterocycles. The van der Waals surface area contributed by atoms with Crippen LogP contribution in [0.15, 0.2) is 10.6 Å². The third-order valence-electron chi connectivity index (χ3n) is 2.77. The Hall–Kier alpha value is -1.03. The molecule has 13 heavy (non-hydrogen) atoms. The fraction of sp³-hybridized carbons (Fsp3) is 0.667. The summed E-state index contributed by atoms with van der Waals surface area (Å²) in [5.74, 6) is 0.852. The summed E-state index contributed by atoms with van der Waals surface area (Å²) in [5.41, 5.74) is 5.69. The lowest BCUT2D eigenvalue weighted by Crippen LogP contribution is -2.54. The Labute approximate surface area is 77.7 Å². The first kappa shape index (κ1) is 8.56. The minimum absolute atomic E-state index is 0.258. The number of hydrogen-bond donors (Lipinski definition) is 1. The Balaban J connectivity index is 1.99. The van der Waals surface area contributed by atoms with Crippen LogP contribution in [0.3, 0.4) is 0 Å². The van der Waals surface area contributed by atoms with Crippen LogP contribution in [-0.4, -0.2) is 22.0 Å². The van der Waals surface area contributed by atoms with Crippen molar-refractivity contribution in [2.75, 3.05) is 12.3 Å². The van der Waals surface area contributed by atoms with E-state index in [1.54, 1.807) is 6.20 Å². The Kier molecular flexibility index (Phi) is 1.80. The zero-order valence-corrected chi connectivity index (χ0v) is 8.08. The van der Waals surface area contributed by atoms with Gasteiger partial charge in [0.15, 0.2) is 0 Å². The molecule has 0 unspecified atom stereocenters. The highest BCUT2D eigenvalue weighted by Crippen LogP contribution is 2.31. The van der Waals surface area contributed by atoms with Gasteiger partial charge in [-0.3, -0.25) is 4.90 Å². The summed E-state index contributed by atoms with van der Waals surface area (Å²) in [6, 6.07) is 0.258. The molecule has 0 atom stereocenters. The summed E-state index contributed by atoms with van der Waals surface area (Å²) < 4.78 is 5.21. The molecular weight excluding hydrogens is 166 g/mol. The second kappa shape index (κ2) is 2.73. The molecule has 1 fully saturated rings. The van der Waals surface area contributed by atoms with Gasteiger partial charge in [-0.25, -0.2) is 4.98 Å². The van der Waals surface area contributed by atoms with E-state index in [1.165, 1.54) is 6.42 Å². The molecule has 1 aliphatic rings. The molecule has 2 N–H and O–H groups in total. The van der Waals surface area contributed by atoms with Crippen LogP contribution in [0.4, 0.5) is 6.01 Å². The van der Waals surface area contributed by atoms with Crippen LogP contribution < -0.4 is 5.73 Å². The molecule has 2 rings (SSSR count). The average molecular weight is 181 g/mol. The maximum Gasteiger partial charge on any atom is 0.292 e. The molecule has 0 aromatic carbocycles. The maximum atomic E-state index is 5.39. The lowest BCUT2D eigenvalue weighted by Gasteiger charge is -2.48. The number of nitrogens with two attached hydrogens (primary N) is 1. The molecule has 0 radical (unpaired) electrons. The first-order valence-electron chi connectivity index (χ1n) is 4.53. The number of hydrogen-bond acceptors (Lipinski definition) is 4. The van der Waals surface area contributed by atoms with E-state index < -0.39 is 0 Å². The van der Waals surface area contributed by atoms with Crippen molar-refractivity contribution in [1.82, 2.24) is 9.88 Å². The first-order valence-corrected chi connectivity index (χ1v) is 4.53. The van der Waals surface area contributed by atoms with Crippen molar-refractivity contribution < 1.29 is 4.42 Å². The molecule has 1 aliphatic heterocycles. The Morgan fingerprint density at radius 2 is 2.46 bits per heavy atom. The second-order valence-electron chi connectivity index (χ2n) is 4.15. The van der Waals surface area contributed by atoms with Crippen molar-refractivity contribution >= 4 is 6.01 Å². The minimum atomic E-state index is 0.258. The molecule has 1 saturated heterocycles. The van der Waals surface area contributed by atoms with Crippen molar-refractivity contribution in [2.45, 2.75) is 32.4 Å². The molecule has 72 valence electrons. The summed E-state index contributed by atoms with van der Waals surface area (Å²) in [6.07, 6.45) is 2.94. The van der Waals surface area contributed by atoms with Gasteiger partial charge in [0.2, 0.25) is 0 Å². The fourth-order valence-corrected chi connectivity index (χ4v) is 1.59. The van der Waals surface area contributed by atoms with Crippen molar-refractivity contribution in [1.29, 1.82) is 0 Å². The standard InChI is InChI=1S/C9H15N3O/c1-9(2)3-4-12(9)6-7-5-11-8(10)13-7/h5H,3-4,6H2,1-2H3,(H2,10,11). The molecule has 4 nitrogen and oxygen atoms in total. The highest BCUT2D eigenvalue weighted by Gasteiger charge is 2.35. The highest BCUT2D eigenvalue weighted by molar-refractivity contribution is 5.11. The molecule has 0 saturated carbocycles. The zero-order valence-electron chi connectivity index (χ0n) is 8.08. The molecule has 0 bridgehead atoms. The van der Waals surface area contributed by atoms with E-state index in [2.05, 4.69) is 23.7 Å². The van der Waals surface area contributed by atoms with Gasteiger partial charge in [0.1, 0.15) is 5.76 Å². The number of aromatic nitrogens is 1. The number of likely N-dealkylation sites (tertiary alicyclic amines) is 1. The largest absolute Gasteiger partial charge is 0.428 e. The topological polar surface area (TPSA) is 55.3 Å². The van der Waals surface area contributed by atoms with E-state index in [-0.39, 0.29) is 6.01 Å². The van der Waals surface area contributed by atoms with Gasteiger partial charge in [0.25, 0.3) is 6.01 Å². The molecule has 1 aromatic rings. The molecule has 0 aliphatic carbocycles. The van der Waals surface area contributed by atoms with E-state index in [1.807, 2.05) is 0 Å². The van der Waals surface area contributed by atoms with E-state index in [4.69, 9.17) is 10.2 Å². The molecule has 0 spiro atoms. The van der Waals surface area contributed by atoms with Crippen LogP contribution in [0.25, 0.3) is 0 Å². The van der Waals surface area contributed by atoms with Crippen molar-refractivity contribution in [3.63, 3.8) is 0 Å². The Morgan fingerprint density at radius 1 is 1.69 bits per heavy atom. The quantitative estimate of drug-likeness (QED) is 0.745. The monoisotopic (exact) mass is 181 g/mol. The SMILES string of the molecule is CC1(C)CCN1Cc1cnc(N)o1. The first-order chi connectivity index (χ1) is 6.08. The number of anilines is 1. The third kappa shape index (κ3) is 1.54. The summed E-state index contributed by atoms with van der Waals surface area (Å²) in [6.45, 7) is 6.41. The Morgan fingerprint density at radius 3 is 2.85 bits per heavy atom. The van der Waals surface area contributed by atoms with Gasteiger partial charge >= 0.3 is 0 Å². The molecule has 2 heterocycles. The average Bonchev–Trinajstić information content (AvgIpc) is 2.46. The van der Waals surface area contributed by atoms with Gasteiger partial charge in [0, 0.05) is 12.1 Å². The van der Waals surface area contributed by atoms with Gasteiger partial charge in [-0.2, -0.15) is 0 Å². The highest BCUT2D eigenvalue weighted by atomic mass is 16.4. The van der Waals surface area contributed by atoms with Gasteiger partial charge < -0.3 is 10.2 Å². The zero-order chi connectivity index (χ0) is 9.47. The molecular formula is C9H15N3O. The summed E-state index contributed by atoms with van der Waals surface area (Å²) in [5, 5.41) is 0. The van der Waals surface area contributed by atoms with Crippen molar-refractivity contribution in [3.05, 3.63) is 12.0 Å². The van der Waals surface area contributed by atoms with Crippen LogP contribution in [0.1, 0.15) is 26.0 Å². The molecule has 4 heteroatoms. The summed E-state index contributed by atoms with van der Waals surface area (Å²) in [4.78, 5) is 6.21. The van der Waals surface area contributed by atoms with Crippen LogP contribution in [0.2, 0.25) is 0 Å². The van der Waals surface area contributed by atoms with Crippen LogP contribution in [0.5, 0.6) is 0 Å². The maximum absolute atomic E-state index is 5.39. The lowest BCUT2D eigenvalue weighted by molar-refractivity contribution is 0.00261. The third-order valence-corrected chi connectivity index (χ3v) is 2.77. The number of oxazole rings is 1. The molecule has 0 amide bonds. The Bertz CT molecular complexity index is 306. The van der Waals surface area contributed by atoms with E-state index >= 15 is 0 Å². The minimum Gasteiger partial charge on any atom is -0.428 e. The van der Waals surface area contributed by atoms with E-state index in [0.717, 1.165) is 18.8 Å². The number of nitrogen functional groups attached to an aromatic ring is 1. The number of rotatable bonds is 2. The van der Waals surface area contributed by atoms with Crippen LogP contribution in [-0.2, 0) is 6.54 Å². The van der Waals surface area contributed by atoms with Crippen LogP contribution >= 0.6 is 0 Å². The smallest absolute Gasteiger partial charge is 0.292 e. The van der Waals surface area contributed by atoms with Crippen molar-refractivity contribution in [2.24, 2.45) is 0 Å². The van der Waals surface area contributed by atoms with Gasteiger partial charge in [0.05, 0.1) is 12.7 Å². The second-order valence-corrected chi connectivity index (χ2v) is 4.15. The lowest BCUT2D eigenvalue weighted by atomic mass is 9.89. The number of nitrogens with zero attached hydrogens (tertiary/aromatic N) is 2. The van der Waals surface area contributed by atoms with E-state index in [0.29, 0.717) is 5.54 Å². The predicted molar refractivity (Wildman–Crippen MR) is 50.0 cm³/mol. The van der Waals surface area contributed by atoms with Gasteiger partial charge in [-0.15, -0.1) is 0 Å². The van der Waals surface area contributed by atoms with Crippen molar-refractivity contribution in [3.8, 4) is 0 Å². The van der Waals surface area contributed by atoms with E-state index in [9.17, 15) is 0 Å². The summed E-state index contributed by atoms with van der Waals surface area (Å²) >= 11 is 0. The van der Waals surface area contributed by atoms with Crippen LogP contribution in [0, 0.1) is 0 Å². The van der Waals surface area contributed by atoms with Gasteiger partial charge in [-0.1, -0.05) is 0 Å². The predicted octanol–water partition coefficient (Wildman–Crippen LogP) is 1.24. The summed E-state index contributed by atoms with van der Waals surface area (Å²) in [7, 11) is 0. The fourth-order valence-electron chi connectivity index (χ4n) is 1.59. The normalized spacial score (nSPS) is 21.4. The van der Waals surface area contributed by atoms with Gasteiger partial charge in [-0.05, 0) is 20.3 Å².